The molecule has 0 aliphatic carbocycles. The van der Waals surface area contributed by atoms with Gasteiger partial charge in [-0.1, -0.05) is 53.5 Å². The molecule has 1 heterocycles. The van der Waals surface area contributed by atoms with Crippen LogP contribution >= 0.6 is 23.2 Å². The average molecular weight is 323 g/mol. The number of ether oxygens (including phenoxy) is 1. The lowest BCUT2D eigenvalue weighted by Gasteiger charge is -2.29. The van der Waals surface area contributed by atoms with Crippen molar-refractivity contribution >= 4 is 23.2 Å². The molecule has 0 saturated heterocycles. The Hall–Kier alpha value is -1.22. The Kier molecular flexibility index (Phi) is 4.39. The van der Waals surface area contributed by atoms with Crippen LogP contribution in [-0.2, 0) is 6.42 Å². The van der Waals surface area contributed by atoms with Gasteiger partial charge in [0.25, 0.3) is 0 Å². The Labute approximate surface area is 134 Å². The number of hydrogen-bond donors (Lipinski definition) is 1. The normalized spacial score (nSPS) is 18.7. The third-order valence-corrected chi connectivity index (χ3v) is 4.79. The fraction of sp³-hybridized carbons (Fsp3) is 0.294. The highest BCUT2D eigenvalue weighted by molar-refractivity contribution is 6.42. The van der Waals surface area contributed by atoms with Gasteiger partial charge in [-0.25, -0.2) is 0 Å². The molecule has 0 radical (unpaired) electrons. The molecule has 0 saturated carbocycles. The lowest BCUT2D eigenvalue weighted by atomic mass is 9.85. The van der Waals surface area contributed by atoms with Crippen LogP contribution < -0.4 is 4.74 Å². The summed E-state index contributed by atoms with van der Waals surface area (Å²) in [5.74, 6) is 0.926. The summed E-state index contributed by atoms with van der Waals surface area (Å²) in [6.45, 7) is 0.627. The second kappa shape index (κ2) is 6.27. The molecule has 0 spiro atoms. The molecular weight excluding hydrogens is 307 g/mol. The molecule has 1 aliphatic heterocycles. The molecule has 0 aromatic heterocycles. The minimum absolute atomic E-state index is 0.0602. The summed E-state index contributed by atoms with van der Waals surface area (Å²) in [7, 11) is 0. The van der Waals surface area contributed by atoms with Crippen molar-refractivity contribution in [1.82, 2.24) is 0 Å². The molecule has 2 aromatic rings. The van der Waals surface area contributed by atoms with E-state index in [1.54, 1.807) is 6.07 Å². The van der Waals surface area contributed by atoms with Crippen molar-refractivity contribution in [1.29, 1.82) is 0 Å². The van der Waals surface area contributed by atoms with E-state index in [0.29, 0.717) is 23.1 Å². The molecule has 0 fully saturated rings. The monoisotopic (exact) mass is 322 g/mol. The molecule has 2 nitrogen and oxygen atoms in total. The maximum atomic E-state index is 10.6. The number of halogens is 2. The summed E-state index contributed by atoms with van der Waals surface area (Å²) in [4.78, 5) is 0. The predicted molar refractivity (Wildman–Crippen MR) is 85.5 cm³/mol. The molecule has 0 bridgehead atoms. The molecular formula is C17H16Cl2O2. The molecule has 1 N–H and O–H groups in total. The molecule has 2 atom stereocenters. The smallest absolute Gasteiger partial charge is 0.122 e. The Bertz CT molecular complexity index is 642. The summed E-state index contributed by atoms with van der Waals surface area (Å²) >= 11 is 12.2. The highest BCUT2D eigenvalue weighted by Gasteiger charge is 2.28. The van der Waals surface area contributed by atoms with Gasteiger partial charge in [-0.15, -0.1) is 0 Å². The van der Waals surface area contributed by atoms with Crippen LogP contribution in [0.1, 0.15) is 23.5 Å². The van der Waals surface area contributed by atoms with Gasteiger partial charge >= 0.3 is 0 Å². The second-order valence-corrected chi connectivity index (χ2v) is 6.05. The topological polar surface area (TPSA) is 29.5 Å². The van der Waals surface area contributed by atoms with Gasteiger partial charge in [-0.3, -0.25) is 0 Å². The molecule has 4 heteroatoms. The molecule has 0 amide bonds. The van der Waals surface area contributed by atoms with Gasteiger partial charge in [-0.05, 0) is 29.7 Å². The summed E-state index contributed by atoms with van der Waals surface area (Å²) in [6.07, 6.45) is 0.778. The van der Waals surface area contributed by atoms with Gasteiger partial charge < -0.3 is 9.84 Å². The SMILES string of the molecule is OC(Cc1cccc(Cl)c1Cl)C1CCOc2ccccc21. The van der Waals surface area contributed by atoms with Crippen molar-refractivity contribution in [3.05, 3.63) is 63.6 Å². The lowest BCUT2D eigenvalue weighted by Crippen LogP contribution is -2.26. The Morgan fingerprint density at radius 3 is 2.81 bits per heavy atom. The first kappa shape index (κ1) is 14.7. The van der Waals surface area contributed by atoms with Crippen LogP contribution in [0.15, 0.2) is 42.5 Å². The molecule has 1 aliphatic rings. The fourth-order valence-electron chi connectivity index (χ4n) is 2.84. The summed E-state index contributed by atoms with van der Waals surface area (Å²) in [6, 6.07) is 13.4. The van der Waals surface area contributed by atoms with Gasteiger partial charge in [0.1, 0.15) is 5.75 Å². The number of fused-ring (bicyclic) bond motifs is 1. The number of para-hydroxylation sites is 1. The minimum Gasteiger partial charge on any atom is -0.493 e. The van der Waals surface area contributed by atoms with E-state index < -0.39 is 6.10 Å². The lowest BCUT2D eigenvalue weighted by molar-refractivity contribution is 0.116. The molecule has 21 heavy (non-hydrogen) atoms. The van der Waals surface area contributed by atoms with E-state index in [1.807, 2.05) is 36.4 Å². The first-order valence-electron chi connectivity index (χ1n) is 6.99. The van der Waals surface area contributed by atoms with Crippen molar-refractivity contribution in [3.63, 3.8) is 0 Å². The van der Waals surface area contributed by atoms with Crippen LogP contribution in [0.25, 0.3) is 0 Å². The summed E-state index contributed by atoms with van der Waals surface area (Å²) in [5, 5.41) is 11.7. The average Bonchev–Trinajstić information content (AvgIpc) is 2.51. The van der Waals surface area contributed by atoms with Crippen molar-refractivity contribution in [2.75, 3.05) is 6.61 Å². The quantitative estimate of drug-likeness (QED) is 0.903. The highest BCUT2D eigenvalue weighted by Crippen LogP contribution is 2.37. The maximum absolute atomic E-state index is 10.6. The number of aliphatic hydroxyl groups excluding tert-OH is 1. The molecule has 2 aromatic carbocycles. The zero-order chi connectivity index (χ0) is 14.8. The van der Waals surface area contributed by atoms with Crippen LogP contribution in [0.5, 0.6) is 5.75 Å². The van der Waals surface area contributed by atoms with E-state index in [1.165, 1.54) is 0 Å². The molecule has 110 valence electrons. The van der Waals surface area contributed by atoms with Crippen molar-refractivity contribution in [3.8, 4) is 5.75 Å². The summed E-state index contributed by atoms with van der Waals surface area (Å²) < 4.78 is 5.64. The Balaban J connectivity index is 1.83. The van der Waals surface area contributed by atoms with E-state index >= 15 is 0 Å². The third-order valence-electron chi connectivity index (χ3n) is 3.93. The number of benzene rings is 2. The largest absolute Gasteiger partial charge is 0.493 e. The van der Waals surface area contributed by atoms with Gasteiger partial charge in [0.2, 0.25) is 0 Å². The van der Waals surface area contributed by atoms with Crippen molar-refractivity contribution in [2.45, 2.75) is 24.9 Å². The number of hydrogen-bond acceptors (Lipinski definition) is 2. The highest BCUT2D eigenvalue weighted by atomic mass is 35.5. The van der Waals surface area contributed by atoms with E-state index in [0.717, 1.165) is 23.3 Å². The third kappa shape index (κ3) is 3.03. The fourth-order valence-corrected chi connectivity index (χ4v) is 3.24. The van der Waals surface area contributed by atoms with Crippen LogP contribution in [-0.4, -0.2) is 17.8 Å². The van der Waals surface area contributed by atoms with E-state index in [2.05, 4.69) is 0 Å². The van der Waals surface area contributed by atoms with Crippen molar-refractivity contribution in [2.24, 2.45) is 0 Å². The van der Waals surface area contributed by atoms with E-state index in [9.17, 15) is 5.11 Å². The number of aliphatic hydroxyl groups is 1. The molecule has 2 unspecified atom stereocenters. The van der Waals surface area contributed by atoms with Crippen molar-refractivity contribution < 1.29 is 9.84 Å². The van der Waals surface area contributed by atoms with Crippen LogP contribution in [0, 0.1) is 0 Å². The first-order valence-corrected chi connectivity index (χ1v) is 7.75. The second-order valence-electron chi connectivity index (χ2n) is 5.27. The Morgan fingerprint density at radius 2 is 1.95 bits per heavy atom. The Morgan fingerprint density at radius 1 is 1.14 bits per heavy atom. The van der Waals surface area contributed by atoms with Crippen LogP contribution in [0.2, 0.25) is 10.0 Å². The zero-order valence-electron chi connectivity index (χ0n) is 11.4. The van der Waals surface area contributed by atoms with E-state index in [-0.39, 0.29) is 5.92 Å². The van der Waals surface area contributed by atoms with Gasteiger partial charge in [0.05, 0.1) is 22.8 Å². The summed E-state index contributed by atoms with van der Waals surface area (Å²) in [5.41, 5.74) is 1.94. The predicted octanol–water partition coefficient (Wildman–Crippen LogP) is 4.46. The van der Waals surface area contributed by atoms with E-state index in [4.69, 9.17) is 27.9 Å². The molecule has 3 rings (SSSR count). The van der Waals surface area contributed by atoms with Gasteiger partial charge in [0.15, 0.2) is 0 Å². The minimum atomic E-state index is -0.508. The number of rotatable bonds is 3. The van der Waals surface area contributed by atoms with Gasteiger partial charge in [-0.2, -0.15) is 0 Å². The zero-order valence-corrected chi connectivity index (χ0v) is 12.9. The van der Waals surface area contributed by atoms with Crippen LogP contribution in [0.4, 0.5) is 0 Å². The standard InChI is InChI=1S/C17H16Cl2O2/c18-14-6-3-4-11(17(14)19)10-15(20)12-8-9-21-16-7-2-1-5-13(12)16/h1-7,12,15,20H,8-10H2. The first-order chi connectivity index (χ1) is 10.2. The van der Waals surface area contributed by atoms with Gasteiger partial charge in [0, 0.05) is 12.3 Å². The maximum Gasteiger partial charge on any atom is 0.122 e. The van der Waals surface area contributed by atoms with Crippen LogP contribution in [0.3, 0.4) is 0 Å².